The molecule has 4 heteroatoms. The van der Waals surface area contributed by atoms with Crippen molar-refractivity contribution in [3.8, 4) is 5.75 Å². The predicted octanol–water partition coefficient (Wildman–Crippen LogP) is 1.50. The number of aryl methyl sites for hydroxylation is 1. The molecule has 1 rings (SSSR count). The molecular formula is C12H19N3O. The largest absolute Gasteiger partial charge is 0.494 e. The number of rotatable bonds is 6. The summed E-state index contributed by atoms with van der Waals surface area (Å²) < 4.78 is 5.58. The smallest absolute Gasteiger partial charge is 0.185 e. The highest BCUT2D eigenvalue weighted by Crippen LogP contribution is 2.13. The number of benzene rings is 1. The van der Waals surface area contributed by atoms with Crippen molar-refractivity contribution in [1.82, 2.24) is 5.32 Å². The molecule has 0 unspecified atom stereocenters. The molecule has 0 fully saturated rings. The average Bonchev–Trinajstić information content (AvgIpc) is 2.28. The zero-order valence-electron chi connectivity index (χ0n) is 9.62. The van der Waals surface area contributed by atoms with Gasteiger partial charge in [0.05, 0.1) is 6.61 Å². The van der Waals surface area contributed by atoms with Gasteiger partial charge in [-0.1, -0.05) is 19.1 Å². The van der Waals surface area contributed by atoms with Gasteiger partial charge in [0.2, 0.25) is 0 Å². The van der Waals surface area contributed by atoms with Crippen LogP contribution in [0.3, 0.4) is 0 Å². The molecule has 1 aromatic carbocycles. The third kappa shape index (κ3) is 4.68. The third-order valence-corrected chi connectivity index (χ3v) is 2.21. The average molecular weight is 221 g/mol. The number of nitrogens with one attached hydrogen (secondary N) is 2. The summed E-state index contributed by atoms with van der Waals surface area (Å²) in [6.45, 7) is 3.42. The van der Waals surface area contributed by atoms with E-state index < -0.39 is 0 Å². The Morgan fingerprint density at radius 1 is 1.50 bits per heavy atom. The molecule has 1 aromatic rings. The van der Waals surface area contributed by atoms with E-state index in [9.17, 15) is 0 Å². The number of hydrogen-bond donors (Lipinski definition) is 3. The van der Waals surface area contributed by atoms with Crippen LogP contribution in [0.1, 0.15) is 18.9 Å². The van der Waals surface area contributed by atoms with E-state index in [4.69, 9.17) is 15.9 Å². The third-order valence-electron chi connectivity index (χ3n) is 2.21. The molecule has 0 aromatic heterocycles. The summed E-state index contributed by atoms with van der Waals surface area (Å²) in [5, 5.41) is 9.71. The molecule has 0 spiro atoms. The molecule has 0 heterocycles. The summed E-state index contributed by atoms with van der Waals surface area (Å²) in [4.78, 5) is 0. The lowest BCUT2D eigenvalue weighted by Gasteiger charge is -2.07. The zero-order chi connectivity index (χ0) is 11.8. The highest BCUT2D eigenvalue weighted by molar-refractivity contribution is 5.74. The van der Waals surface area contributed by atoms with Crippen LogP contribution in [0.4, 0.5) is 0 Å². The number of nitrogens with two attached hydrogens (primary N) is 1. The Kier molecular flexibility index (Phi) is 5.19. The summed E-state index contributed by atoms with van der Waals surface area (Å²) in [5.74, 6) is 0.912. The van der Waals surface area contributed by atoms with Gasteiger partial charge in [0.25, 0.3) is 0 Å². The molecule has 88 valence electrons. The lowest BCUT2D eigenvalue weighted by atomic mass is 10.2. The van der Waals surface area contributed by atoms with E-state index in [1.54, 1.807) is 0 Å². The van der Waals surface area contributed by atoms with Crippen molar-refractivity contribution >= 4 is 5.96 Å². The maximum atomic E-state index is 6.97. The quantitative estimate of drug-likeness (QED) is 0.387. The molecule has 0 amide bonds. The zero-order valence-corrected chi connectivity index (χ0v) is 9.62. The molecule has 16 heavy (non-hydrogen) atoms. The van der Waals surface area contributed by atoms with Gasteiger partial charge < -0.3 is 15.8 Å². The molecule has 0 saturated heterocycles. The van der Waals surface area contributed by atoms with Crippen molar-refractivity contribution in [2.75, 3.05) is 13.2 Å². The summed E-state index contributed by atoms with van der Waals surface area (Å²) in [6, 6.07) is 8.10. The fourth-order valence-corrected chi connectivity index (χ4v) is 1.34. The lowest BCUT2D eigenvalue weighted by Crippen LogP contribution is -2.31. The lowest BCUT2D eigenvalue weighted by molar-refractivity contribution is 0.311. The fourth-order valence-electron chi connectivity index (χ4n) is 1.34. The minimum atomic E-state index is 0.00739. The molecule has 0 aliphatic rings. The Bertz CT molecular complexity index is 339. The normalized spacial score (nSPS) is 9.81. The Labute approximate surface area is 96.3 Å². The van der Waals surface area contributed by atoms with E-state index in [0.29, 0.717) is 13.2 Å². The first-order valence-electron chi connectivity index (χ1n) is 5.52. The molecule has 0 atom stereocenters. The molecule has 0 saturated carbocycles. The maximum Gasteiger partial charge on any atom is 0.185 e. The number of guanidine groups is 1. The van der Waals surface area contributed by atoms with Crippen molar-refractivity contribution in [2.45, 2.75) is 19.8 Å². The SMILES string of the molecule is CCc1cccc(OCCCNC(=N)N)c1. The molecule has 4 N–H and O–H groups in total. The predicted molar refractivity (Wildman–Crippen MR) is 65.8 cm³/mol. The maximum absolute atomic E-state index is 6.97. The van der Waals surface area contributed by atoms with E-state index >= 15 is 0 Å². The van der Waals surface area contributed by atoms with Crippen LogP contribution in [0.15, 0.2) is 24.3 Å². The summed E-state index contributed by atoms with van der Waals surface area (Å²) in [7, 11) is 0. The molecule has 0 radical (unpaired) electrons. The van der Waals surface area contributed by atoms with Gasteiger partial charge in [-0.15, -0.1) is 0 Å². The van der Waals surface area contributed by atoms with Crippen LogP contribution in [0.2, 0.25) is 0 Å². The van der Waals surface area contributed by atoms with Gasteiger partial charge in [-0.3, -0.25) is 5.41 Å². The van der Waals surface area contributed by atoms with Gasteiger partial charge in [0, 0.05) is 6.54 Å². The van der Waals surface area contributed by atoms with Crippen molar-refractivity contribution < 1.29 is 4.74 Å². The first-order chi connectivity index (χ1) is 7.72. The topological polar surface area (TPSA) is 71.1 Å². The molecule has 0 bridgehead atoms. The highest BCUT2D eigenvalue weighted by atomic mass is 16.5. The van der Waals surface area contributed by atoms with Crippen LogP contribution < -0.4 is 15.8 Å². The highest BCUT2D eigenvalue weighted by Gasteiger charge is 1.95. The monoisotopic (exact) mass is 221 g/mol. The van der Waals surface area contributed by atoms with Gasteiger partial charge in [0.15, 0.2) is 5.96 Å². The Balaban J connectivity index is 2.23. The molecule has 0 aliphatic carbocycles. The van der Waals surface area contributed by atoms with Crippen molar-refractivity contribution in [2.24, 2.45) is 5.73 Å². The second-order valence-electron chi connectivity index (χ2n) is 3.54. The molecule has 0 aliphatic heterocycles. The van der Waals surface area contributed by atoms with Crippen LogP contribution in [0.5, 0.6) is 5.75 Å². The van der Waals surface area contributed by atoms with E-state index in [2.05, 4.69) is 24.4 Å². The summed E-state index contributed by atoms with van der Waals surface area (Å²) in [6.07, 6.45) is 1.85. The molecule has 4 nitrogen and oxygen atoms in total. The van der Waals surface area contributed by atoms with Crippen LogP contribution in [-0.2, 0) is 6.42 Å². The van der Waals surface area contributed by atoms with E-state index in [1.165, 1.54) is 5.56 Å². The van der Waals surface area contributed by atoms with E-state index in [-0.39, 0.29) is 5.96 Å². The standard InChI is InChI=1S/C12H19N3O/c1-2-10-5-3-6-11(9-10)16-8-4-7-15-12(13)14/h3,5-6,9H,2,4,7-8H2,1H3,(H4,13,14,15). The minimum Gasteiger partial charge on any atom is -0.494 e. The van der Waals surface area contributed by atoms with E-state index in [1.807, 2.05) is 12.1 Å². The van der Waals surface area contributed by atoms with Crippen molar-refractivity contribution in [1.29, 1.82) is 5.41 Å². The number of hydrogen-bond acceptors (Lipinski definition) is 2. The second kappa shape index (κ2) is 6.71. The van der Waals surface area contributed by atoms with Crippen LogP contribution >= 0.6 is 0 Å². The second-order valence-corrected chi connectivity index (χ2v) is 3.54. The summed E-state index contributed by atoms with van der Waals surface area (Å²) >= 11 is 0. The van der Waals surface area contributed by atoms with Crippen molar-refractivity contribution in [3.05, 3.63) is 29.8 Å². The summed E-state index contributed by atoms with van der Waals surface area (Å²) in [5.41, 5.74) is 6.43. The van der Waals surface area contributed by atoms with Crippen LogP contribution in [0.25, 0.3) is 0 Å². The van der Waals surface area contributed by atoms with E-state index in [0.717, 1.165) is 18.6 Å². The van der Waals surface area contributed by atoms with Gasteiger partial charge in [-0.25, -0.2) is 0 Å². The molecular weight excluding hydrogens is 202 g/mol. The van der Waals surface area contributed by atoms with Gasteiger partial charge in [-0.05, 0) is 30.5 Å². The van der Waals surface area contributed by atoms with Gasteiger partial charge in [0.1, 0.15) is 5.75 Å². The van der Waals surface area contributed by atoms with Crippen molar-refractivity contribution in [3.63, 3.8) is 0 Å². The minimum absolute atomic E-state index is 0.00739. The Hall–Kier alpha value is -1.71. The van der Waals surface area contributed by atoms with Crippen LogP contribution in [0, 0.1) is 5.41 Å². The Morgan fingerprint density at radius 2 is 2.31 bits per heavy atom. The fraction of sp³-hybridized carbons (Fsp3) is 0.417. The van der Waals surface area contributed by atoms with Crippen LogP contribution in [-0.4, -0.2) is 19.1 Å². The number of ether oxygens (including phenoxy) is 1. The first kappa shape index (κ1) is 12.4. The van der Waals surface area contributed by atoms with Gasteiger partial charge >= 0.3 is 0 Å². The first-order valence-corrected chi connectivity index (χ1v) is 5.52. The Morgan fingerprint density at radius 3 is 3.00 bits per heavy atom. The van der Waals surface area contributed by atoms with Gasteiger partial charge in [-0.2, -0.15) is 0 Å².